The molecule has 1 N–H and O–H groups in total. The van der Waals surface area contributed by atoms with Crippen LogP contribution < -0.4 is 5.32 Å². The van der Waals surface area contributed by atoms with Gasteiger partial charge in [-0.25, -0.2) is 0 Å². The van der Waals surface area contributed by atoms with E-state index in [1.54, 1.807) is 0 Å². The maximum atomic E-state index is 6.23. The van der Waals surface area contributed by atoms with Crippen LogP contribution in [0.2, 0.25) is 5.02 Å². The summed E-state index contributed by atoms with van der Waals surface area (Å²) in [5.74, 6) is 0. The highest BCUT2D eigenvalue weighted by Crippen LogP contribution is 2.42. The molecule has 14 heavy (non-hydrogen) atoms. The topological polar surface area (TPSA) is 12.0 Å². The maximum absolute atomic E-state index is 6.23. The van der Waals surface area contributed by atoms with Crippen LogP contribution in [0.1, 0.15) is 24.0 Å². The number of hydrogen-bond donors (Lipinski definition) is 1. The van der Waals surface area contributed by atoms with Crippen LogP contribution in [0.25, 0.3) is 0 Å². The van der Waals surface area contributed by atoms with E-state index < -0.39 is 0 Å². The van der Waals surface area contributed by atoms with Crippen LogP contribution >= 0.6 is 11.6 Å². The van der Waals surface area contributed by atoms with E-state index in [-0.39, 0.29) is 0 Å². The zero-order chi connectivity index (χ0) is 9.60. The van der Waals surface area contributed by atoms with Crippen molar-refractivity contribution in [2.45, 2.75) is 24.7 Å². The van der Waals surface area contributed by atoms with Gasteiger partial charge in [0.05, 0.1) is 0 Å². The van der Waals surface area contributed by atoms with Crippen molar-refractivity contribution in [2.24, 2.45) is 0 Å². The van der Waals surface area contributed by atoms with Gasteiger partial charge in [0.25, 0.3) is 0 Å². The second kappa shape index (κ2) is 2.98. The Morgan fingerprint density at radius 1 is 1.29 bits per heavy atom. The van der Waals surface area contributed by atoms with E-state index in [1.165, 1.54) is 24.0 Å². The minimum atomic E-state index is 0.429. The summed E-state index contributed by atoms with van der Waals surface area (Å²) in [5.41, 5.74) is 3.34. The van der Waals surface area contributed by atoms with E-state index in [9.17, 15) is 0 Å². The molecule has 0 radical (unpaired) electrons. The summed E-state index contributed by atoms with van der Waals surface area (Å²) >= 11 is 6.23. The summed E-state index contributed by atoms with van der Waals surface area (Å²) in [6, 6.07) is 6.37. The first-order valence-corrected chi connectivity index (χ1v) is 5.68. The summed E-state index contributed by atoms with van der Waals surface area (Å²) in [6.07, 6.45) is 3.78. The standard InChI is InChI=1S/C12H14ClN/c13-11-5-1-4-10-9(11)3-2-6-12(10)7-14-8-12/h1,4-5,14H,2-3,6-8H2. The summed E-state index contributed by atoms with van der Waals surface area (Å²) in [6.45, 7) is 2.28. The van der Waals surface area contributed by atoms with Crippen LogP contribution in [0.5, 0.6) is 0 Å². The Hall–Kier alpha value is -0.530. The summed E-state index contributed by atoms with van der Waals surface area (Å²) in [5, 5.41) is 4.36. The van der Waals surface area contributed by atoms with Gasteiger partial charge in [0, 0.05) is 23.5 Å². The quantitative estimate of drug-likeness (QED) is 0.690. The average Bonchev–Trinajstić information content (AvgIpc) is 2.15. The van der Waals surface area contributed by atoms with Crippen molar-refractivity contribution >= 4 is 11.6 Å². The summed E-state index contributed by atoms with van der Waals surface area (Å²) < 4.78 is 0. The Bertz CT molecular complexity index is 369. The first-order valence-electron chi connectivity index (χ1n) is 5.30. The van der Waals surface area contributed by atoms with Gasteiger partial charge in [-0.1, -0.05) is 23.7 Å². The van der Waals surface area contributed by atoms with Crippen molar-refractivity contribution in [2.75, 3.05) is 13.1 Å². The van der Waals surface area contributed by atoms with Crippen molar-refractivity contribution in [3.63, 3.8) is 0 Å². The molecule has 1 spiro atoms. The zero-order valence-corrected chi connectivity index (χ0v) is 8.90. The normalized spacial score (nSPS) is 22.9. The third-order valence-electron chi connectivity index (χ3n) is 3.70. The number of nitrogens with one attached hydrogen (secondary N) is 1. The van der Waals surface area contributed by atoms with Crippen molar-refractivity contribution in [1.29, 1.82) is 0 Å². The maximum Gasteiger partial charge on any atom is 0.0440 e. The fourth-order valence-electron chi connectivity index (χ4n) is 2.84. The molecule has 0 saturated carbocycles. The SMILES string of the molecule is Clc1cccc2c1CCCC21CNC1. The van der Waals surface area contributed by atoms with Gasteiger partial charge in [-0.3, -0.25) is 0 Å². The Kier molecular flexibility index (Phi) is 1.86. The third-order valence-corrected chi connectivity index (χ3v) is 4.05. The van der Waals surface area contributed by atoms with Crippen molar-refractivity contribution in [1.82, 2.24) is 5.32 Å². The van der Waals surface area contributed by atoms with Crippen molar-refractivity contribution in [3.8, 4) is 0 Å². The molecule has 1 nitrogen and oxygen atoms in total. The van der Waals surface area contributed by atoms with Crippen molar-refractivity contribution in [3.05, 3.63) is 34.3 Å². The Labute approximate surface area is 89.5 Å². The Morgan fingerprint density at radius 3 is 2.86 bits per heavy atom. The number of benzene rings is 1. The first-order chi connectivity index (χ1) is 6.82. The van der Waals surface area contributed by atoms with Gasteiger partial charge in [-0.05, 0) is 36.5 Å². The zero-order valence-electron chi connectivity index (χ0n) is 8.15. The molecule has 1 saturated heterocycles. The third kappa shape index (κ3) is 1.06. The molecular weight excluding hydrogens is 194 g/mol. The van der Waals surface area contributed by atoms with Gasteiger partial charge in [0.1, 0.15) is 0 Å². The lowest BCUT2D eigenvalue weighted by Crippen LogP contribution is -2.58. The van der Waals surface area contributed by atoms with E-state index in [0.29, 0.717) is 5.41 Å². The second-order valence-corrected chi connectivity index (χ2v) is 4.91. The lowest BCUT2D eigenvalue weighted by molar-refractivity contribution is 0.239. The molecule has 0 aromatic heterocycles. The van der Waals surface area contributed by atoms with Gasteiger partial charge in [-0.15, -0.1) is 0 Å². The monoisotopic (exact) mass is 207 g/mol. The van der Waals surface area contributed by atoms with E-state index in [4.69, 9.17) is 11.6 Å². The summed E-state index contributed by atoms with van der Waals surface area (Å²) in [7, 11) is 0. The molecule has 0 bridgehead atoms. The lowest BCUT2D eigenvalue weighted by Gasteiger charge is -2.47. The predicted molar refractivity (Wildman–Crippen MR) is 58.9 cm³/mol. The lowest BCUT2D eigenvalue weighted by atomic mass is 9.66. The molecule has 3 rings (SSSR count). The van der Waals surface area contributed by atoms with Crippen LogP contribution in [-0.4, -0.2) is 13.1 Å². The van der Waals surface area contributed by atoms with Crippen LogP contribution in [0.4, 0.5) is 0 Å². The molecule has 1 fully saturated rings. The molecule has 1 aliphatic carbocycles. The van der Waals surface area contributed by atoms with Crippen LogP contribution in [0.3, 0.4) is 0 Å². The van der Waals surface area contributed by atoms with Crippen molar-refractivity contribution < 1.29 is 0 Å². The van der Waals surface area contributed by atoms with Gasteiger partial charge in [-0.2, -0.15) is 0 Å². The largest absolute Gasteiger partial charge is 0.315 e. The van der Waals surface area contributed by atoms with Gasteiger partial charge in [0.15, 0.2) is 0 Å². The number of rotatable bonds is 0. The molecule has 1 aromatic carbocycles. The molecular formula is C12H14ClN. The molecule has 74 valence electrons. The molecule has 1 aromatic rings. The number of hydrogen-bond acceptors (Lipinski definition) is 1. The highest BCUT2D eigenvalue weighted by molar-refractivity contribution is 6.31. The van der Waals surface area contributed by atoms with Gasteiger partial charge >= 0.3 is 0 Å². The fraction of sp³-hybridized carbons (Fsp3) is 0.500. The van der Waals surface area contributed by atoms with Crippen LogP contribution in [0, 0.1) is 0 Å². The molecule has 0 atom stereocenters. The van der Waals surface area contributed by atoms with Gasteiger partial charge in [0.2, 0.25) is 0 Å². The molecule has 0 unspecified atom stereocenters. The smallest absolute Gasteiger partial charge is 0.0440 e. The van der Waals surface area contributed by atoms with Crippen LogP contribution in [-0.2, 0) is 11.8 Å². The predicted octanol–water partition coefficient (Wildman–Crippen LogP) is 2.52. The Morgan fingerprint density at radius 2 is 2.14 bits per heavy atom. The summed E-state index contributed by atoms with van der Waals surface area (Å²) in [4.78, 5) is 0. The van der Waals surface area contributed by atoms with Gasteiger partial charge < -0.3 is 5.32 Å². The second-order valence-electron chi connectivity index (χ2n) is 4.50. The van der Waals surface area contributed by atoms with E-state index in [1.807, 2.05) is 6.07 Å². The average molecular weight is 208 g/mol. The highest BCUT2D eigenvalue weighted by Gasteiger charge is 2.41. The number of halogens is 1. The minimum Gasteiger partial charge on any atom is -0.315 e. The first kappa shape index (κ1) is 8.75. The molecule has 2 heteroatoms. The van der Waals surface area contributed by atoms with E-state index in [2.05, 4.69) is 17.4 Å². The van der Waals surface area contributed by atoms with E-state index in [0.717, 1.165) is 24.5 Å². The van der Waals surface area contributed by atoms with E-state index >= 15 is 0 Å². The van der Waals surface area contributed by atoms with Crippen LogP contribution in [0.15, 0.2) is 18.2 Å². The molecule has 2 aliphatic rings. The fourth-order valence-corrected chi connectivity index (χ4v) is 3.11. The molecule has 1 aliphatic heterocycles. The number of fused-ring (bicyclic) bond motifs is 2. The Balaban J connectivity index is 2.15. The minimum absolute atomic E-state index is 0.429. The molecule has 1 heterocycles. The highest BCUT2D eigenvalue weighted by atomic mass is 35.5. The molecule has 0 amide bonds.